The summed E-state index contributed by atoms with van der Waals surface area (Å²) in [5.74, 6) is 0.516. The van der Waals surface area contributed by atoms with Crippen LogP contribution < -0.4 is 15.0 Å². The molecule has 6 heteroatoms. The molecule has 0 unspecified atom stereocenters. The topological polar surface area (TPSA) is 58.6 Å². The van der Waals surface area contributed by atoms with Gasteiger partial charge in [-0.15, -0.1) is 11.8 Å². The number of rotatable bonds is 4. The van der Waals surface area contributed by atoms with E-state index >= 15 is 0 Å². The monoisotopic (exact) mass is 342 g/mol. The Balaban J connectivity index is 1.76. The van der Waals surface area contributed by atoms with E-state index in [1.165, 1.54) is 11.8 Å². The molecule has 0 aromatic heterocycles. The summed E-state index contributed by atoms with van der Waals surface area (Å²) in [6.07, 6.45) is 0. The average molecular weight is 342 g/mol. The minimum absolute atomic E-state index is 0.0450. The molecule has 2 amide bonds. The first-order valence-electron chi connectivity index (χ1n) is 7.59. The number of hydrogen-bond acceptors (Lipinski definition) is 4. The number of carbonyl (C=O) groups excluding carboxylic acids is 2. The largest absolute Gasteiger partial charge is 0.497 e. The molecular weight excluding hydrogens is 324 g/mol. The number of hydrogen-bond donors (Lipinski definition) is 1. The van der Waals surface area contributed by atoms with Gasteiger partial charge in [-0.25, -0.2) is 0 Å². The maximum atomic E-state index is 12.8. The highest BCUT2D eigenvalue weighted by atomic mass is 32.2. The Labute approximate surface area is 145 Å². The lowest BCUT2D eigenvalue weighted by Crippen LogP contribution is -2.45. The van der Waals surface area contributed by atoms with Crippen LogP contribution in [0.2, 0.25) is 0 Å². The van der Waals surface area contributed by atoms with Gasteiger partial charge in [0.25, 0.3) is 0 Å². The summed E-state index contributed by atoms with van der Waals surface area (Å²) in [4.78, 5) is 27.2. The SMILES string of the molecule is COc1ccc(S[C@H](C)C(=O)N2CC(=O)Nc3ccccc32)cc1. The number of para-hydroxylation sites is 2. The molecule has 1 aliphatic rings. The maximum absolute atomic E-state index is 12.8. The average Bonchev–Trinajstić information content (AvgIpc) is 2.61. The summed E-state index contributed by atoms with van der Waals surface area (Å²) >= 11 is 1.46. The van der Waals surface area contributed by atoms with Gasteiger partial charge in [0.2, 0.25) is 11.8 Å². The molecule has 24 heavy (non-hydrogen) atoms. The standard InChI is InChI=1S/C18H18N2O3S/c1-12(24-14-9-7-13(23-2)8-10-14)18(22)20-11-17(21)19-15-5-3-4-6-16(15)20/h3-10,12H,11H2,1-2H3,(H,19,21)/t12-/m1/s1. The Morgan fingerprint density at radius 2 is 1.92 bits per heavy atom. The Hall–Kier alpha value is -2.47. The van der Waals surface area contributed by atoms with Crippen LogP contribution in [0, 0.1) is 0 Å². The van der Waals surface area contributed by atoms with E-state index in [9.17, 15) is 9.59 Å². The summed E-state index contributed by atoms with van der Waals surface area (Å²) in [7, 11) is 1.62. The lowest BCUT2D eigenvalue weighted by Gasteiger charge is -2.30. The zero-order valence-electron chi connectivity index (χ0n) is 13.5. The third kappa shape index (κ3) is 3.38. The van der Waals surface area contributed by atoms with E-state index < -0.39 is 0 Å². The second kappa shape index (κ2) is 6.97. The molecule has 3 rings (SSSR count). The van der Waals surface area contributed by atoms with Gasteiger partial charge in [-0.2, -0.15) is 0 Å². The van der Waals surface area contributed by atoms with Crippen LogP contribution in [0.25, 0.3) is 0 Å². The molecule has 2 aromatic carbocycles. The third-order valence-electron chi connectivity index (χ3n) is 3.76. The molecule has 0 bridgehead atoms. The zero-order chi connectivity index (χ0) is 17.1. The van der Waals surface area contributed by atoms with Crippen LogP contribution in [0.15, 0.2) is 53.4 Å². The van der Waals surface area contributed by atoms with Crippen molar-refractivity contribution in [1.82, 2.24) is 0 Å². The van der Waals surface area contributed by atoms with E-state index in [0.717, 1.165) is 16.3 Å². The highest BCUT2D eigenvalue weighted by Gasteiger charge is 2.29. The van der Waals surface area contributed by atoms with Crippen molar-refractivity contribution in [3.05, 3.63) is 48.5 Å². The molecule has 0 aliphatic carbocycles. The number of anilines is 2. The number of methoxy groups -OCH3 is 1. The van der Waals surface area contributed by atoms with Gasteiger partial charge >= 0.3 is 0 Å². The second-order valence-corrected chi connectivity index (χ2v) is 6.84. The summed E-state index contributed by atoms with van der Waals surface area (Å²) in [6, 6.07) is 14.9. The number of carbonyl (C=O) groups is 2. The van der Waals surface area contributed by atoms with E-state index in [0.29, 0.717) is 5.69 Å². The zero-order valence-corrected chi connectivity index (χ0v) is 14.3. The fourth-order valence-corrected chi connectivity index (χ4v) is 3.49. The lowest BCUT2D eigenvalue weighted by atomic mass is 10.2. The lowest BCUT2D eigenvalue weighted by molar-refractivity contribution is -0.121. The molecule has 0 radical (unpaired) electrons. The minimum Gasteiger partial charge on any atom is -0.497 e. The van der Waals surface area contributed by atoms with Gasteiger partial charge < -0.3 is 10.1 Å². The van der Waals surface area contributed by atoms with E-state index in [-0.39, 0.29) is 23.6 Å². The van der Waals surface area contributed by atoms with Crippen molar-refractivity contribution in [2.75, 3.05) is 23.9 Å². The number of thioether (sulfide) groups is 1. The Morgan fingerprint density at radius 3 is 2.62 bits per heavy atom. The van der Waals surface area contributed by atoms with Gasteiger partial charge in [0, 0.05) is 4.90 Å². The van der Waals surface area contributed by atoms with Gasteiger partial charge in [0.15, 0.2) is 0 Å². The predicted molar refractivity (Wildman–Crippen MR) is 95.7 cm³/mol. The molecule has 124 valence electrons. The second-order valence-electron chi connectivity index (χ2n) is 5.43. The molecule has 0 saturated carbocycles. The normalized spacial score (nSPS) is 14.6. The first-order chi connectivity index (χ1) is 11.6. The first-order valence-corrected chi connectivity index (χ1v) is 8.47. The fraction of sp³-hybridized carbons (Fsp3) is 0.222. The van der Waals surface area contributed by atoms with Crippen molar-refractivity contribution in [3.8, 4) is 5.75 Å². The number of fused-ring (bicyclic) bond motifs is 1. The summed E-state index contributed by atoms with van der Waals surface area (Å²) < 4.78 is 5.14. The van der Waals surface area contributed by atoms with Gasteiger partial charge in [0.05, 0.1) is 23.7 Å². The molecule has 5 nitrogen and oxygen atoms in total. The maximum Gasteiger partial charge on any atom is 0.244 e. The van der Waals surface area contributed by atoms with Gasteiger partial charge in [0.1, 0.15) is 12.3 Å². The van der Waals surface area contributed by atoms with Crippen LogP contribution in [0.5, 0.6) is 5.75 Å². The quantitative estimate of drug-likeness (QED) is 0.867. The minimum atomic E-state index is -0.308. The number of ether oxygens (including phenoxy) is 1. The highest BCUT2D eigenvalue weighted by Crippen LogP contribution is 2.32. The van der Waals surface area contributed by atoms with Crippen LogP contribution in [-0.2, 0) is 9.59 Å². The molecule has 0 spiro atoms. The Kier molecular flexibility index (Phi) is 4.76. The Bertz CT molecular complexity index is 761. The third-order valence-corrected chi connectivity index (χ3v) is 4.86. The first kappa shape index (κ1) is 16.4. The van der Waals surface area contributed by atoms with Crippen molar-refractivity contribution in [2.24, 2.45) is 0 Å². The predicted octanol–water partition coefficient (Wildman–Crippen LogP) is 3.16. The molecule has 1 aliphatic heterocycles. The van der Waals surface area contributed by atoms with Crippen molar-refractivity contribution >= 4 is 35.0 Å². The van der Waals surface area contributed by atoms with E-state index in [4.69, 9.17) is 4.74 Å². The number of nitrogens with one attached hydrogen (secondary N) is 1. The molecule has 0 fully saturated rings. The number of nitrogens with zero attached hydrogens (tertiary/aromatic N) is 1. The fourth-order valence-electron chi connectivity index (χ4n) is 2.56. The van der Waals surface area contributed by atoms with E-state index in [1.54, 1.807) is 18.1 Å². The molecule has 1 heterocycles. The number of benzene rings is 2. The van der Waals surface area contributed by atoms with Crippen LogP contribution in [-0.4, -0.2) is 30.7 Å². The van der Waals surface area contributed by atoms with Gasteiger partial charge in [-0.1, -0.05) is 12.1 Å². The van der Waals surface area contributed by atoms with Crippen molar-refractivity contribution in [3.63, 3.8) is 0 Å². The molecular formula is C18H18N2O3S. The van der Waals surface area contributed by atoms with Gasteiger partial charge in [-0.3, -0.25) is 14.5 Å². The molecule has 1 N–H and O–H groups in total. The summed E-state index contributed by atoms with van der Waals surface area (Å²) in [5, 5.41) is 2.48. The smallest absolute Gasteiger partial charge is 0.244 e. The van der Waals surface area contributed by atoms with E-state index in [1.807, 2.05) is 49.4 Å². The summed E-state index contributed by atoms with van der Waals surface area (Å²) in [6.45, 7) is 1.90. The molecule has 2 aromatic rings. The Morgan fingerprint density at radius 1 is 1.21 bits per heavy atom. The van der Waals surface area contributed by atoms with Gasteiger partial charge in [-0.05, 0) is 43.3 Å². The van der Waals surface area contributed by atoms with Crippen LogP contribution in [0.4, 0.5) is 11.4 Å². The van der Waals surface area contributed by atoms with Crippen molar-refractivity contribution < 1.29 is 14.3 Å². The van der Waals surface area contributed by atoms with Crippen LogP contribution in [0.3, 0.4) is 0 Å². The van der Waals surface area contributed by atoms with Crippen LogP contribution in [0.1, 0.15) is 6.92 Å². The van der Waals surface area contributed by atoms with E-state index in [2.05, 4.69) is 5.32 Å². The molecule has 1 atom stereocenters. The highest BCUT2D eigenvalue weighted by molar-refractivity contribution is 8.00. The molecule has 0 saturated heterocycles. The van der Waals surface area contributed by atoms with Crippen molar-refractivity contribution in [2.45, 2.75) is 17.1 Å². The summed E-state index contributed by atoms with van der Waals surface area (Å²) in [5.41, 5.74) is 1.41. The number of amides is 2. The van der Waals surface area contributed by atoms with Crippen molar-refractivity contribution in [1.29, 1.82) is 0 Å². The van der Waals surface area contributed by atoms with Crippen LogP contribution >= 0.6 is 11.8 Å².